The van der Waals surface area contributed by atoms with Crippen LogP contribution >= 0.6 is 0 Å². The van der Waals surface area contributed by atoms with Gasteiger partial charge in [-0.05, 0) is 45.7 Å². The molecule has 18 heavy (non-hydrogen) atoms. The van der Waals surface area contributed by atoms with Crippen LogP contribution in [0.3, 0.4) is 0 Å². The smallest absolute Gasteiger partial charge is 0.144 e. The molecule has 0 amide bonds. The molecule has 0 aromatic carbocycles. The molecule has 0 radical (unpaired) electrons. The first-order valence-corrected chi connectivity index (χ1v) is 6.89. The highest BCUT2D eigenvalue weighted by Crippen LogP contribution is 2.23. The fourth-order valence-corrected chi connectivity index (χ4v) is 2.12. The van der Waals surface area contributed by atoms with E-state index < -0.39 is 0 Å². The van der Waals surface area contributed by atoms with Crippen LogP contribution in [-0.4, -0.2) is 35.6 Å². The van der Waals surface area contributed by atoms with Gasteiger partial charge in [0.1, 0.15) is 5.84 Å². The number of nitrogens with zero attached hydrogens (tertiary/aromatic N) is 2. The highest BCUT2D eigenvalue weighted by Gasteiger charge is 2.23. The van der Waals surface area contributed by atoms with E-state index in [-0.39, 0.29) is 5.41 Å². The van der Waals surface area contributed by atoms with Crippen molar-refractivity contribution in [1.82, 2.24) is 4.90 Å². The third kappa shape index (κ3) is 6.24. The van der Waals surface area contributed by atoms with Gasteiger partial charge in [-0.2, -0.15) is 0 Å². The van der Waals surface area contributed by atoms with Gasteiger partial charge < -0.3 is 15.8 Å². The van der Waals surface area contributed by atoms with Crippen LogP contribution in [0.1, 0.15) is 53.9 Å². The second kappa shape index (κ2) is 7.62. The standard InChI is InChI=1S/C14H31N3O/c1-11(2)10-12(3)17(6)9-7-8-14(4,5)13(15)16-18/h11-12,18H,7-10H2,1-6H3,(H2,15,16). The molecule has 0 aliphatic carbocycles. The van der Waals surface area contributed by atoms with Crippen molar-refractivity contribution >= 4 is 5.84 Å². The van der Waals surface area contributed by atoms with E-state index in [0.717, 1.165) is 25.3 Å². The Morgan fingerprint density at radius 1 is 1.33 bits per heavy atom. The normalized spacial score (nSPS) is 15.4. The Morgan fingerprint density at radius 2 is 1.89 bits per heavy atom. The number of amidine groups is 1. The number of rotatable bonds is 8. The zero-order valence-electron chi connectivity index (χ0n) is 12.9. The largest absolute Gasteiger partial charge is 0.409 e. The third-order valence-corrected chi connectivity index (χ3v) is 3.68. The molecule has 1 unspecified atom stereocenters. The molecule has 4 nitrogen and oxygen atoms in total. The number of oxime groups is 1. The Balaban J connectivity index is 4.04. The maximum atomic E-state index is 8.72. The summed E-state index contributed by atoms with van der Waals surface area (Å²) in [7, 11) is 2.17. The van der Waals surface area contributed by atoms with E-state index in [1.807, 2.05) is 13.8 Å². The molecular formula is C14H31N3O. The molecule has 4 heteroatoms. The number of hydrogen-bond acceptors (Lipinski definition) is 3. The Labute approximate surface area is 112 Å². The van der Waals surface area contributed by atoms with E-state index in [1.165, 1.54) is 6.42 Å². The summed E-state index contributed by atoms with van der Waals surface area (Å²) < 4.78 is 0. The lowest BCUT2D eigenvalue weighted by atomic mass is 9.86. The van der Waals surface area contributed by atoms with Gasteiger partial charge in [0, 0.05) is 11.5 Å². The number of hydrogen-bond donors (Lipinski definition) is 2. The summed E-state index contributed by atoms with van der Waals surface area (Å²) in [6, 6.07) is 0.608. The molecule has 3 N–H and O–H groups in total. The van der Waals surface area contributed by atoms with Crippen molar-refractivity contribution in [2.24, 2.45) is 22.2 Å². The van der Waals surface area contributed by atoms with Crippen molar-refractivity contribution < 1.29 is 5.21 Å². The highest BCUT2D eigenvalue weighted by molar-refractivity contribution is 5.85. The summed E-state index contributed by atoms with van der Waals surface area (Å²) in [6.07, 6.45) is 3.21. The molecule has 0 aromatic heterocycles. The van der Waals surface area contributed by atoms with Crippen molar-refractivity contribution in [1.29, 1.82) is 0 Å². The Hall–Kier alpha value is -0.770. The van der Waals surface area contributed by atoms with Crippen molar-refractivity contribution in [3.05, 3.63) is 0 Å². The lowest BCUT2D eigenvalue weighted by Gasteiger charge is -2.28. The van der Waals surface area contributed by atoms with E-state index in [1.54, 1.807) is 0 Å². The molecule has 0 rings (SSSR count). The van der Waals surface area contributed by atoms with Gasteiger partial charge in [0.15, 0.2) is 0 Å². The van der Waals surface area contributed by atoms with Gasteiger partial charge in [0.05, 0.1) is 0 Å². The molecule has 0 saturated carbocycles. The molecule has 0 aliphatic rings. The second-order valence-electron chi connectivity index (χ2n) is 6.43. The van der Waals surface area contributed by atoms with Crippen molar-refractivity contribution in [3.63, 3.8) is 0 Å². The minimum absolute atomic E-state index is 0.225. The summed E-state index contributed by atoms with van der Waals surface area (Å²) in [5.74, 6) is 1.05. The van der Waals surface area contributed by atoms with Gasteiger partial charge in [0.2, 0.25) is 0 Å². The summed E-state index contributed by atoms with van der Waals surface area (Å²) in [5.41, 5.74) is 5.45. The molecule has 0 heterocycles. The zero-order valence-corrected chi connectivity index (χ0v) is 12.9. The first-order valence-electron chi connectivity index (χ1n) is 6.89. The van der Waals surface area contributed by atoms with E-state index in [9.17, 15) is 0 Å². The van der Waals surface area contributed by atoms with Gasteiger partial charge in [-0.25, -0.2) is 0 Å². The molecule has 1 atom stereocenters. The highest BCUT2D eigenvalue weighted by atomic mass is 16.4. The van der Waals surface area contributed by atoms with Crippen LogP contribution in [0, 0.1) is 11.3 Å². The van der Waals surface area contributed by atoms with E-state index in [2.05, 4.69) is 37.9 Å². The van der Waals surface area contributed by atoms with Crippen LogP contribution < -0.4 is 5.73 Å². The quantitative estimate of drug-likeness (QED) is 0.304. The fraction of sp³-hybridized carbons (Fsp3) is 0.929. The van der Waals surface area contributed by atoms with Crippen LogP contribution in [0.25, 0.3) is 0 Å². The molecule has 0 fully saturated rings. The van der Waals surface area contributed by atoms with E-state index >= 15 is 0 Å². The van der Waals surface area contributed by atoms with Gasteiger partial charge in [-0.15, -0.1) is 0 Å². The van der Waals surface area contributed by atoms with Crippen LogP contribution in [0.2, 0.25) is 0 Å². The fourth-order valence-electron chi connectivity index (χ4n) is 2.12. The van der Waals surface area contributed by atoms with Crippen molar-refractivity contribution in [2.75, 3.05) is 13.6 Å². The molecule has 108 valence electrons. The van der Waals surface area contributed by atoms with Gasteiger partial charge in [-0.3, -0.25) is 0 Å². The minimum Gasteiger partial charge on any atom is -0.409 e. The Bertz CT molecular complexity index is 262. The van der Waals surface area contributed by atoms with Gasteiger partial charge >= 0.3 is 0 Å². The minimum atomic E-state index is -0.225. The summed E-state index contributed by atoms with van der Waals surface area (Å²) in [6.45, 7) is 11.9. The van der Waals surface area contributed by atoms with Crippen LogP contribution in [0.15, 0.2) is 5.16 Å². The third-order valence-electron chi connectivity index (χ3n) is 3.68. The van der Waals surface area contributed by atoms with E-state index in [4.69, 9.17) is 10.9 Å². The number of nitrogens with two attached hydrogens (primary N) is 1. The predicted molar refractivity (Wildman–Crippen MR) is 78.0 cm³/mol. The molecule has 0 spiro atoms. The molecule has 0 aliphatic heterocycles. The topological polar surface area (TPSA) is 61.8 Å². The molecular weight excluding hydrogens is 226 g/mol. The first kappa shape index (κ1) is 17.2. The molecule has 0 saturated heterocycles. The SMILES string of the molecule is CC(C)CC(C)N(C)CCCC(C)(C)C(N)=NO. The molecule has 0 aromatic rings. The maximum absolute atomic E-state index is 8.72. The zero-order chi connectivity index (χ0) is 14.3. The average Bonchev–Trinajstić information content (AvgIpc) is 2.26. The monoisotopic (exact) mass is 257 g/mol. The molecule has 0 bridgehead atoms. The lowest BCUT2D eigenvalue weighted by molar-refractivity contribution is 0.217. The summed E-state index contributed by atoms with van der Waals surface area (Å²) in [5, 5.41) is 11.8. The van der Waals surface area contributed by atoms with Crippen molar-refractivity contribution in [2.45, 2.75) is 59.9 Å². The van der Waals surface area contributed by atoms with E-state index in [0.29, 0.717) is 11.9 Å². The van der Waals surface area contributed by atoms with Crippen LogP contribution in [0.4, 0.5) is 0 Å². The average molecular weight is 257 g/mol. The predicted octanol–water partition coefficient (Wildman–Crippen LogP) is 2.91. The van der Waals surface area contributed by atoms with Crippen molar-refractivity contribution in [3.8, 4) is 0 Å². The van der Waals surface area contributed by atoms with Crippen LogP contribution in [0.5, 0.6) is 0 Å². The summed E-state index contributed by atoms with van der Waals surface area (Å²) >= 11 is 0. The van der Waals surface area contributed by atoms with Gasteiger partial charge in [-0.1, -0.05) is 32.9 Å². The Morgan fingerprint density at radius 3 is 2.33 bits per heavy atom. The lowest BCUT2D eigenvalue weighted by Crippen LogP contribution is -2.35. The summed E-state index contributed by atoms with van der Waals surface area (Å²) in [4.78, 5) is 2.39. The maximum Gasteiger partial charge on any atom is 0.144 e. The second-order valence-corrected chi connectivity index (χ2v) is 6.43. The van der Waals surface area contributed by atoms with Gasteiger partial charge in [0.25, 0.3) is 0 Å². The Kier molecular flexibility index (Phi) is 7.29. The first-order chi connectivity index (χ1) is 8.20. The van der Waals surface area contributed by atoms with Crippen LogP contribution in [-0.2, 0) is 0 Å².